The fourth-order valence-electron chi connectivity index (χ4n) is 1.71. The Labute approximate surface area is 106 Å². The third kappa shape index (κ3) is 2.87. The molecule has 1 N–H and O–H groups in total. The summed E-state index contributed by atoms with van der Waals surface area (Å²) in [5, 5.41) is 15.0. The van der Waals surface area contributed by atoms with E-state index in [0.29, 0.717) is 5.02 Å². The van der Waals surface area contributed by atoms with Crippen LogP contribution in [0.25, 0.3) is 0 Å². The monoisotopic (exact) mass is 250 g/mol. The predicted octanol–water partition coefficient (Wildman–Crippen LogP) is 3.03. The molecule has 0 radical (unpaired) electrons. The minimum Gasteiger partial charge on any atom is -0.384 e. The van der Waals surface area contributed by atoms with E-state index in [9.17, 15) is 5.11 Å². The van der Waals surface area contributed by atoms with Crippen LogP contribution in [0.2, 0.25) is 5.02 Å². The Morgan fingerprint density at radius 2 is 2.00 bits per heavy atom. The SMILES string of the molecule is CCCn1cc(C(O)c2ccc(Cl)cc2)cn1. The highest BCUT2D eigenvalue weighted by Crippen LogP contribution is 2.22. The quantitative estimate of drug-likeness (QED) is 0.906. The molecule has 1 atom stereocenters. The van der Waals surface area contributed by atoms with Crippen molar-refractivity contribution in [3.63, 3.8) is 0 Å². The average molecular weight is 251 g/mol. The third-order valence-corrected chi connectivity index (χ3v) is 2.86. The Hall–Kier alpha value is -1.32. The van der Waals surface area contributed by atoms with Gasteiger partial charge in [-0.3, -0.25) is 4.68 Å². The van der Waals surface area contributed by atoms with Gasteiger partial charge in [0, 0.05) is 23.3 Å². The van der Waals surface area contributed by atoms with E-state index in [1.54, 1.807) is 18.3 Å². The van der Waals surface area contributed by atoms with Gasteiger partial charge in [-0.15, -0.1) is 0 Å². The second kappa shape index (κ2) is 5.34. The molecule has 4 heteroatoms. The maximum atomic E-state index is 10.2. The van der Waals surface area contributed by atoms with Crippen molar-refractivity contribution >= 4 is 11.6 Å². The molecule has 0 saturated heterocycles. The van der Waals surface area contributed by atoms with Crippen LogP contribution in [0.5, 0.6) is 0 Å². The van der Waals surface area contributed by atoms with E-state index in [1.807, 2.05) is 23.0 Å². The largest absolute Gasteiger partial charge is 0.384 e. The first-order valence-electron chi connectivity index (χ1n) is 5.66. The fraction of sp³-hybridized carbons (Fsp3) is 0.308. The molecule has 3 nitrogen and oxygen atoms in total. The van der Waals surface area contributed by atoms with Gasteiger partial charge >= 0.3 is 0 Å². The number of rotatable bonds is 4. The molecule has 0 aliphatic carbocycles. The zero-order valence-corrected chi connectivity index (χ0v) is 10.4. The lowest BCUT2D eigenvalue weighted by Gasteiger charge is -2.08. The highest BCUT2D eigenvalue weighted by Gasteiger charge is 2.12. The molecule has 0 aliphatic rings. The van der Waals surface area contributed by atoms with E-state index in [0.717, 1.165) is 24.1 Å². The van der Waals surface area contributed by atoms with Gasteiger partial charge in [-0.2, -0.15) is 5.10 Å². The summed E-state index contributed by atoms with van der Waals surface area (Å²) in [6.45, 7) is 2.96. The molecule has 90 valence electrons. The first kappa shape index (κ1) is 12.1. The van der Waals surface area contributed by atoms with Crippen molar-refractivity contribution in [2.75, 3.05) is 0 Å². The molecule has 0 aliphatic heterocycles. The summed E-state index contributed by atoms with van der Waals surface area (Å²) in [4.78, 5) is 0. The molecule has 0 saturated carbocycles. The molecule has 0 bridgehead atoms. The van der Waals surface area contributed by atoms with Gasteiger partial charge in [-0.05, 0) is 24.1 Å². The van der Waals surface area contributed by atoms with E-state index in [4.69, 9.17) is 11.6 Å². The van der Waals surface area contributed by atoms with Gasteiger partial charge in [0.05, 0.1) is 6.20 Å². The minimum atomic E-state index is -0.641. The number of aliphatic hydroxyl groups is 1. The normalized spacial score (nSPS) is 12.6. The summed E-state index contributed by atoms with van der Waals surface area (Å²) in [5.74, 6) is 0. The van der Waals surface area contributed by atoms with Crippen LogP contribution in [-0.2, 0) is 6.54 Å². The van der Waals surface area contributed by atoms with Crippen LogP contribution in [0, 0.1) is 0 Å². The lowest BCUT2D eigenvalue weighted by molar-refractivity contribution is 0.220. The molecule has 2 aromatic rings. The number of halogens is 1. The number of hydrogen-bond acceptors (Lipinski definition) is 2. The summed E-state index contributed by atoms with van der Waals surface area (Å²) < 4.78 is 1.84. The van der Waals surface area contributed by atoms with Crippen molar-refractivity contribution < 1.29 is 5.11 Å². The van der Waals surface area contributed by atoms with Crippen LogP contribution in [0.3, 0.4) is 0 Å². The van der Waals surface area contributed by atoms with Gasteiger partial charge in [-0.25, -0.2) is 0 Å². The molecular formula is C13H15ClN2O. The van der Waals surface area contributed by atoms with E-state index in [-0.39, 0.29) is 0 Å². The first-order valence-corrected chi connectivity index (χ1v) is 6.04. The van der Waals surface area contributed by atoms with E-state index in [2.05, 4.69) is 12.0 Å². The van der Waals surface area contributed by atoms with E-state index in [1.165, 1.54) is 0 Å². The van der Waals surface area contributed by atoms with Crippen LogP contribution in [0.4, 0.5) is 0 Å². The summed E-state index contributed by atoms with van der Waals surface area (Å²) in [6.07, 6.45) is 3.97. The molecule has 1 aromatic heterocycles. The Morgan fingerprint density at radius 1 is 1.29 bits per heavy atom. The predicted molar refractivity (Wildman–Crippen MR) is 68.0 cm³/mol. The number of aliphatic hydroxyl groups excluding tert-OH is 1. The highest BCUT2D eigenvalue weighted by atomic mass is 35.5. The van der Waals surface area contributed by atoms with Gasteiger partial charge in [-0.1, -0.05) is 30.7 Å². The maximum absolute atomic E-state index is 10.2. The molecule has 1 unspecified atom stereocenters. The van der Waals surface area contributed by atoms with Gasteiger partial charge in [0.2, 0.25) is 0 Å². The number of hydrogen-bond donors (Lipinski definition) is 1. The third-order valence-electron chi connectivity index (χ3n) is 2.61. The van der Waals surface area contributed by atoms with Gasteiger partial charge in [0.25, 0.3) is 0 Å². The number of aromatic nitrogens is 2. The highest BCUT2D eigenvalue weighted by molar-refractivity contribution is 6.30. The van der Waals surface area contributed by atoms with Crippen molar-refractivity contribution in [2.45, 2.75) is 26.0 Å². The van der Waals surface area contributed by atoms with Crippen molar-refractivity contribution in [3.8, 4) is 0 Å². The maximum Gasteiger partial charge on any atom is 0.107 e. The number of nitrogens with zero attached hydrogens (tertiary/aromatic N) is 2. The van der Waals surface area contributed by atoms with Gasteiger partial charge in [0.15, 0.2) is 0 Å². The molecule has 17 heavy (non-hydrogen) atoms. The summed E-state index contributed by atoms with van der Waals surface area (Å²) in [5.41, 5.74) is 1.63. The molecular weight excluding hydrogens is 236 g/mol. The first-order chi connectivity index (χ1) is 8.20. The molecule has 2 rings (SSSR count). The molecule has 0 fully saturated rings. The van der Waals surface area contributed by atoms with Crippen LogP contribution in [0.1, 0.15) is 30.6 Å². The van der Waals surface area contributed by atoms with Gasteiger partial charge < -0.3 is 5.11 Å². The molecule has 1 heterocycles. The van der Waals surface area contributed by atoms with E-state index < -0.39 is 6.10 Å². The Balaban J connectivity index is 2.18. The Morgan fingerprint density at radius 3 is 2.65 bits per heavy atom. The lowest BCUT2D eigenvalue weighted by Crippen LogP contribution is -1.99. The molecule has 0 amide bonds. The van der Waals surface area contributed by atoms with Crippen molar-refractivity contribution in [1.29, 1.82) is 0 Å². The number of aryl methyl sites for hydroxylation is 1. The minimum absolute atomic E-state index is 0.641. The average Bonchev–Trinajstić information content (AvgIpc) is 2.78. The van der Waals surface area contributed by atoms with Crippen molar-refractivity contribution in [1.82, 2.24) is 9.78 Å². The Bertz CT molecular complexity index is 478. The Kier molecular flexibility index (Phi) is 3.82. The van der Waals surface area contributed by atoms with Crippen molar-refractivity contribution in [2.24, 2.45) is 0 Å². The zero-order chi connectivity index (χ0) is 12.3. The smallest absolute Gasteiger partial charge is 0.107 e. The van der Waals surface area contributed by atoms with Crippen LogP contribution < -0.4 is 0 Å². The van der Waals surface area contributed by atoms with Crippen molar-refractivity contribution in [3.05, 3.63) is 52.8 Å². The topological polar surface area (TPSA) is 38.0 Å². The second-order valence-corrected chi connectivity index (χ2v) is 4.43. The zero-order valence-electron chi connectivity index (χ0n) is 9.68. The fourth-order valence-corrected chi connectivity index (χ4v) is 1.84. The molecule has 1 aromatic carbocycles. The molecule has 0 spiro atoms. The van der Waals surface area contributed by atoms with Crippen LogP contribution >= 0.6 is 11.6 Å². The van der Waals surface area contributed by atoms with Gasteiger partial charge in [0.1, 0.15) is 6.10 Å². The van der Waals surface area contributed by atoms with Crippen LogP contribution in [-0.4, -0.2) is 14.9 Å². The summed E-state index contributed by atoms with van der Waals surface area (Å²) >= 11 is 5.81. The standard InChI is InChI=1S/C13H15ClN2O/c1-2-7-16-9-11(8-15-16)13(17)10-3-5-12(14)6-4-10/h3-6,8-9,13,17H,2,7H2,1H3. The second-order valence-electron chi connectivity index (χ2n) is 3.99. The summed E-state index contributed by atoms with van der Waals surface area (Å²) in [7, 11) is 0. The lowest BCUT2D eigenvalue weighted by atomic mass is 10.1. The van der Waals surface area contributed by atoms with E-state index >= 15 is 0 Å². The number of benzene rings is 1. The van der Waals surface area contributed by atoms with Crippen LogP contribution in [0.15, 0.2) is 36.7 Å². The summed E-state index contributed by atoms with van der Waals surface area (Å²) in [6, 6.07) is 7.20.